The van der Waals surface area contributed by atoms with E-state index in [0.717, 1.165) is 30.6 Å². The number of benzene rings is 1. The summed E-state index contributed by atoms with van der Waals surface area (Å²) in [7, 11) is 0. The molecule has 4 rings (SSSR count). The number of likely N-dealkylation sites (tertiary alicyclic amines) is 1. The maximum atomic E-state index is 12.8. The molecular formula is C19H27N7O. The molecule has 2 amide bonds. The molecule has 2 aromatic rings. The number of aryl methyl sites for hydroxylation is 1. The van der Waals surface area contributed by atoms with Crippen molar-refractivity contribution in [2.24, 2.45) is 0 Å². The summed E-state index contributed by atoms with van der Waals surface area (Å²) in [5.74, 6) is 0.578. The molecule has 0 aliphatic carbocycles. The molecule has 2 aliphatic rings. The number of carbonyl (C=O) groups excluding carboxylic acids is 1. The van der Waals surface area contributed by atoms with Gasteiger partial charge in [-0.05, 0) is 69.7 Å². The number of aromatic nitrogens is 4. The van der Waals surface area contributed by atoms with E-state index in [4.69, 9.17) is 0 Å². The summed E-state index contributed by atoms with van der Waals surface area (Å²) in [5, 5.41) is 17.3. The second-order valence-electron chi connectivity index (χ2n) is 7.59. The fraction of sp³-hybridized carbons (Fsp3) is 0.579. The lowest BCUT2D eigenvalue weighted by atomic mass is 10.0. The summed E-state index contributed by atoms with van der Waals surface area (Å²) in [6, 6.07) is 6.66. The van der Waals surface area contributed by atoms with E-state index in [2.05, 4.69) is 49.9 Å². The Labute approximate surface area is 159 Å². The molecular weight excluding hydrogens is 342 g/mol. The Hall–Kier alpha value is -2.64. The largest absolute Gasteiger partial charge is 0.369 e. The first-order valence-electron chi connectivity index (χ1n) is 9.82. The zero-order valence-corrected chi connectivity index (χ0v) is 16.0. The minimum Gasteiger partial charge on any atom is -0.369 e. The average Bonchev–Trinajstić information content (AvgIpc) is 3.35. The lowest BCUT2D eigenvalue weighted by molar-refractivity contribution is 0.205. The molecule has 2 atom stereocenters. The Bertz CT molecular complexity index is 791. The molecule has 1 aromatic carbocycles. The van der Waals surface area contributed by atoms with E-state index >= 15 is 0 Å². The smallest absolute Gasteiger partial charge is 0.322 e. The van der Waals surface area contributed by atoms with Crippen LogP contribution in [-0.2, 0) is 0 Å². The Morgan fingerprint density at radius 2 is 2.11 bits per heavy atom. The van der Waals surface area contributed by atoms with Gasteiger partial charge in [0, 0.05) is 30.5 Å². The molecule has 2 unspecified atom stereocenters. The van der Waals surface area contributed by atoms with Gasteiger partial charge >= 0.3 is 6.03 Å². The fourth-order valence-electron chi connectivity index (χ4n) is 4.22. The number of H-pyrrole nitrogens is 1. The van der Waals surface area contributed by atoms with Crippen molar-refractivity contribution in [2.45, 2.75) is 58.0 Å². The summed E-state index contributed by atoms with van der Waals surface area (Å²) in [5.41, 5.74) is 3.17. The van der Waals surface area contributed by atoms with Gasteiger partial charge in [-0.25, -0.2) is 4.79 Å². The van der Waals surface area contributed by atoms with Crippen molar-refractivity contribution in [1.82, 2.24) is 25.5 Å². The van der Waals surface area contributed by atoms with Crippen LogP contribution in [-0.4, -0.2) is 50.7 Å². The average molecular weight is 369 g/mol. The number of nitrogens with zero attached hydrogens (tertiary/aromatic N) is 5. The molecule has 27 heavy (non-hydrogen) atoms. The summed E-state index contributed by atoms with van der Waals surface area (Å²) >= 11 is 0. The van der Waals surface area contributed by atoms with Crippen molar-refractivity contribution in [3.05, 3.63) is 29.6 Å². The van der Waals surface area contributed by atoms with E-state index in [1.165, 1.54) is 24.9 Å². The summed E-state index contributed by atoms with van der Waals surface area (Å²) in [6.07, 6.45) is 5.59. The van der Waals surface area contributed by atoms with Crippen LogP contribution in [0.15, 0.2) is 18.2 Å². The third-order valence-corrected chi connectivity index (χ3v) is 5.76. The van der Waals surface area contributed by atoms with Crippen LogP contribution in [0.3, 0.4) is 0 Å². The minimum atomic E-state index is -0.113. The van der Waals surface area contributed by atoms with Crippen molar-refractivity contribution in [1.29, 1.82) is 0 Å². The SMILES string of the molecule is Cc1cc(N2CCCCC2C)ccc1NC(=O)N1CCCC1c1nn[nH]n1. The molecule has 2 N–H and O–H groups in total. The molecule has 1 aromatic heterocycles. The number of nitrogens with one attached hydrogen (secondary N) is 2. The number of piperidine rings is 1. The highest BCUT2D eigenvalue weighted by atomic mass is 16.2. The van der Waals surface area contributed by atoms with Crippen molar-refractivity contribution >= 4 is 17.4 Å². The standard InChI is InChI=1S/C19H27N7O/c1-13-12-15(25-10-4-3-6-14(25)2)8-9-16(13)20-19(27)26-11-5-7-17(26)18-21-23-24-22-18/h8-9,12,14,17H,3-7,10-11H2,1-2H3,(H,20,27)(H,21,22,23,24). The van der Waals surface area contributed by atoms with Gasteiger partial charge in [-0.2, -0.15) is 5.21 Å². The van der Waals surface area contributed by atoms with Crippen LogP contribution in [0.2, 0.25) is 0 Å². The Morgan fingerprint density at radius 1 is 1.22 bits per heavy atom. The van der Waals surface area contributed by atoms with Gasteiger partial charge < -0.3 is 15.1 Å². The number of amides is 2. The number of hydrogen-bond donors (Lipinski definition) is 2. The monoisotopic (exact) mass is 369 g/mol. The maximum Gasteiger partial charge on any atom is 0.322 e. The highest BCUT2D eigenvalue weighted by Crippen LogP contribution is 2.31. The van der Waals surface area contributed by atoms with Crippen LogP contribution >= 0.6 is 0 Å². The van der Waals surface area contributed by atoms with Crippen LogP contribution < -0.4 is 10.2 Å². The Kier molecular flexibility index (Phi) is 4.96. The lowest BCUT2D eigenvalue weighted by Crippen LogP contribution is -2.37. The van der Waals surface area contributed by atoms with E-state index in [-0.39, 0.29) is 12.1 Å². The van der Waals surface area contributed by atoms with Gasteiger partial charge in [0.15, 0.2) is 5.82 Å². The molecule has 3 heterocycles. The number of anilines is 2. The van der Waals surface area contributed by atoms with Gasteiger partial charge in [0.1, 0.15) is 0 Å². The van der Waals surface area contributed by atoms with Gasteiger partial charge in [0.25, 0.3) is 0 Å². The number of hydrogen-bond acceptors (Lipinski definition) is 5. The number of rotatable bonds is 3. The molecule has 2 saturated heterocycles. The predicted octanol–water partition coefficient (Wildman–Crippen LogP) is 3.26. The molecule has 2 aliphatic heterocycles. The van der Waals surface area contributed by atoms with Crippen molar-refractivity contribution in [3.8, 4) is 0 Å². The van der Waals surface area contributed by atoms with E-state index < -0.39 is 0 Å². The molecule has 144 valence electrons. The molecule has 0 radical (unpaired) electrons. The van der Waals surface area contributed by atoms with Gasteiger partial charge in [0.2, 0.25) is 0 Å². The quantitative estimate of drug-likeness (QED) is 0.867. The van der Waals surface area contributed by atoms with Crippen molar-refractivity contribution < 1.29 is 4.79 Å². The first-order valence-corrected chi connectivity index (χ1v) is 9.82. The van der Waals surface area contributed by atoms with Crippen LogP contribution in [0.5, 0.6) is 0 Å². The zero-order chi connectivity index (χ0) is 18.8. The molecule has 0 spiro atoms. The Morgan fingerprint density at radius 3 is 2.85 bits per heavy atom. The third-order valence-electron chi connectivity index (χ3n) is 5.76. The first kappa shape index (κ1) is 17.8. The van der Waals surface area contributed by atoms with Gasteiger partial charge in [-0.1, -0.05) is 5.21 Å². The topological polar surface area (TPSA) is 90.0 Å². The second-order valence-corrected chi connectivity index (χ2v) is 7.59. The number of carbonyl (C=O) groups is 1. The van der Waals surface area contributed by atoms with E-state index in [1.807, 2.05) is 13.0 Å². The predicted molar refractivity (Wildman–Crippen MR) is 104 cm³/mol. The fourth-order valence-corrected chi connectivity index (χ4v) is 4.22. The molecule has 8 heteroatoms. The van der Waals surface area contributed by atoms with Crippen LogP contribution in [0.25, 0.3) is 0 Å². The number of urea groups is 1. The Balaban J connectivity index is 1.47. The van der Waals surface area contributed by atoms with Gasteiger partial charge in [-0.15, -0.1) is 10.2 Å². The maximum absolute atomic E-state index is 12.8. The number of tetrazole rings is 1. The summed E-state index contributed by atoms with van der Waals surface area (Å²) in [4.78, 5) is 17.1. The summed E-state index contributed by atoms with van der Waals surface area (Å²) < 4.78 is 0. The van der Waals surface area contributed by atoms with Gasteiger partial charge in [0.05, 0.1) is 6.04 Å². The third kappa shape index (κ3) is 3.61. The van der Waals surface area contributed by atoms with Crippen molar-refractivity contribution in [2.75, 3.05) is 23.3 Å². The molecule has 0 saturated carbocycles. The van der Waals surface area contributed by atoms with E-state index in [1.54, 1.807) is 4.90 Å². The van der Waals surface area contributed by atoms with E-state index in [0.29, 0.717) is 18.4 Å². The van der Waals surface area contributed by atoms with Gasteiger partial charge in [-0.3, -0.25) is 0 Å². The summed E-state index contributed by atoms with van der Waals surface area (Å²) in [6.45, 7) is 6.14. The lowest BCUT2D eigenvalue weighted by Gasteiger charge is -2.35. The number of aromatic amines is 1. The second kappa shape index (κ2) is 7.54. The van der Waals surface area contributed by atoms with Crippen LogP contribution in [0.4, 0.5) is 16.2 Å². The molecule has 8 nitrogen and oxygen atoms in total. The normalized spacial score (nSPS) is 22.9. The van der Waals surface area contributed by atoms with E-state index in [9.17, 15) is 4.79 Å². The highest BCUT2D eigenvalue weighted by Gasteiger charge is 2.33. The van der Waals surface area contributed by atoms with Crippen molar-refractivity contribution in [3.63, 3.8) is 0 Å². The molecule has 2 fully saturated rings. The highest BCUT2D eigenvalue weighted by molar-refractivity contribution is 5.91. The molecule has 0 bridgehead atoms. The first-order chi connectivity index (χ1) is 13.1. The minimum absolute atomic E-state index is 0.107. The van der Waals surface area contributed by atoms with Crippen LogP contribution in [0.1, 0.15) is 56.5 Å². The zero-order valence-electron chi connectivity index (χ0n) is 16.0. The van der Waals surface area contributed by atoms with Crippen LogP contribution in [0, 0.1) is 6.92 Å².